The number of benzene rings is 2. The van der Waals surface area contributed by atoms with Crippen LogP contribution in [0.2, 0.25) is 5.02 Å². The fraction of sp³-hybridized carbons (Fsp3) is 0.143. The summed E-state index contributed by atoms with van der Waals surface area (Å²) in [6, 6.07) is 9.92. The highest BCUT2D eigenvalue weighted by molar-refractivity contribution is 7.93. The molecule has 124 valence electrons. The number of rotatable bonds is 5. The van der Waals surface area contributed by atoms with Gasteiger partial charge >= 0.3 is 0 Å². The van der Waals surface area contributed by atoms with Crippen LogP contribution in [0, 0.1) is 0 Å². The molecular formula is C14H14ClNO5S2. The van der Waals surface area contributed by atoms with E-state index in [2.05, 4.69) is 4.72 Å². The van der Waals surface area contributed by atoms with Crippen molar-refractivity contribution in [2.45, 2.75) is 9.79 Å². The van der Waals surface area contributed by atoms with Gasteiger partial charge in [-0.1, -0.05) is 23.7 Å². The van der Waals surface area contributed by atoms with Crippen molar-refractivity contribution in [2.24, 2.45) is 0 Å². The Balaban J connectivity index is 2.57. The zero-order valence-corrected chi connectivity index (χ0v) is 14.7. The molecule has 1 N–H and O–H groups in total. The first-order valence-electron chi connectivity index (χ1n) is 6.30. The molecule has 0 aromatic heterocycles. The number of anilines is 1. The normalized spacial score (nSPS) is 12.0. The molecule has 0 aliphatic rings. The SMILES string of the molecule is COc1ccc(S(C)(=O)=O)cc1S(=O)(=O)Nc1ccccc1Cl. The molecule has 0 fully saturated rings. The van der Waals surface area contributed by atoms with Crippen molar-refractivity contribution in [3.63, 3.8) is 0 Å². The lowest BCUT2D eigenvalue weighted by atomic mass is 10.3. The second kappa shape index (κ2) is 6.38. The van der Waals surface area contributed by atoms with Crippen molar-refractivity contribution in [1.29, 1.82) is 0 Å². The number of hydrogen-bond donors (Lipinski definition) is 1. The zero-order valence-electron chi connectivity index (χ0n) is 12.3. The fourth-order valence-electron chi connectivity index (χ4n) is 1.84. The molecule has 0 saturated carbocycles. The maximum atomic E-state index is 12.6. The van der Waals surface area contributed by atoms with Gasteiger partial charge < -0.3 is 4.74 Å². The van der Waals surface area contributed by atoms with Gasteiger partial charge in [-0.25, -0.2) is 16.8 Å². The second-order valence-corrected chi connectivity index (χ2v) is 8.74. The molecule has 2 aromatic rings. The topological polar surface area (TPSA) is 89.5 Å². The first-order valence-corrected chi connectivity index (χ1v) is 10.1. The van der Waals surface area contributed by atoms with E-state index in [0.29, 0.717) is 0 Å². The van der Waals surface area contributed by atoms with Crippen LogP contribution in [0.1, 0.15) is 0 Å². The summed E-state index contributed by atoms with van der Waals surface area (Å²) in [6.07, 6.45) is 0.993. The van der Waals surface area contributed by atoms with Gasteiger partial charge in [-0.3, -0.25) is 4.72 Å². The first-order chi connectivity index (χ1) is 10.6. The van der Waals surface area contributed by atoms with Gasteiger partial charge in [0.25, 0.3) is 10.0 Å². The van der Waals surface area contributed by atoms with E-state index in [1.807, 2.05) is 0 Å². The summed E-state index contributed by atoms with van der Waals surface area (Å²) in [4.78, 5) is -0.416. The average Bonchev–Trinajstić information content (AvgIpc) is 2.48. The summed E-state index contributed by atoms with van der Waals surface area (Å²) < 4.78 is 55.8. The number of sulfonamides is 1. The van der Waals surface area contributed by atoms with Gasteiger partial charge in [0.2, 0.25) is 0 Å². The lowest BCUT2D eigenvalue weighted by molar-refractivity contribution is 0.402. The minimum absolute atomic E-state index is 0.0250. The van der Waals surface area contributed by atoms with Crippen LogP contribution in [0.3, 0.4) is 0 Å². The molecule has 0 heterocycles. The molecule has 0 saturated heterocycles. The van der Waals surface area contributed by atoms with E-state index >= 15 is 0 Å². The van der Waals surface area contributed by atoms with Gasteiger partial charge in [-0.2, -0.15) is 0 Å². The lowest BCUT2D eigenvalue weighted by Gasteiger charge is -2.13. The van der Waals surface area contributed by atoms with Crippen LogP contribution in [0.4, 0.5) is 5.69 Å². The van der Waals surface area contributed by atoms with E-state index in [1.165, 1.54) is 31.4 Å². The van der Waals surface area contributed by atoms with E-state index in [0.717, 1.165) is 12.3 Å². The highest BCUT2D eigenvalue weighted by atomic mass is 35.5. The third-order valence-electron chi connectivity index (χ3n) is 2.97. The van der Waals surface area contributed by atoms with Crippen LogP contribution in [0.5, 0.6) is 5.75 Å². The maximum absolute atomic E-state index is 12.6. The van der Waals surface area contributed by atoms with Crippen molar-refractivity contribution < 1.29 is 21.6 Å². The lowest BCUT2D eigenvalue weighted by Crippen LogP contribution is -2.15. The minimum atomic E-state index is -4.09. The van der Waals surface area contributed by atoms with Crippen LogP contribution >= 0.6 is 11.6 Å². The second-order valence-electron chi connectivity index (χ2n) is 4.67. The standard InChI is InChI=1S/C14H14ClNO5S2/c1-21-13-8-7-10(22(2,17)18)9-14(13)23(19,20)16-12-6-4-3-5-11(12)15/h3-9,16H,1-2H3. The molecule has 23 heavy (non-hydrogen) atoms. The van der Waals surface area contributed by atoms with E-state index in [-0.39, 0.29) is 26.3 Å². The molecule has 0 bridgehead atoms. The van der Waals surface area contributed by atoms with E-state index in [4.69, 9.17) is 16.3 Å². The molecule has 0 aliphatic heterocycles. The number of hydrogen-bond acceptors (Lipinski definition) is 5. The van der Waals surface area contributed by atoms with Crippen LogP contribution in [0.15, 0.2) is 52.3 Å². The van der Waals surface area contributed by atoms with Crippen molar-refractivity contribution in [3.05, 3.63) is 47.5 Å². The van der Waals surface area contributed by atoms with Gasteiger partial charge in [0.15, 0.2) is 9.84 Å². The number of halogens is 1. The minimum Gasteiger partial charge on any atom is -0.495 e. The van der Waals surface area contributed by atoms with Gasteiger partial charge in [0, 0.05) is 6.26 Å². The summed E-state index contributed by atoms with van der Waals surface area (Å²) in [5.74, 6) is 0.0250. The van der Waals surface area contributed by atoms with Gasteiger partial charge in [-0.15, -0.1) is 0 Å². The number of methoxy groups -OCH3 is 1. The Morgan fingerprint density at radius 3 is 2.26 bits per heavy atom. The molecule has 2 aromatic carbocycles. The largest absolute Gasteiger partial charge is 0.495 e. The van der Waals surface area contributed by atoms with Crippen molar-refractivity contribution in [1.82, 2.24) is 0 Å². The Hall–Kier alpha value is -1.77. The average molecular weight is 376 g/mol. The summed E-state index contributed by atoms with van der Waals surface area (Å²) in [5, 5.41) is 0.217. The summed E-state index contributed by atoms with van der Waals surface area (Å²) in [6.45, 7) is 0. The van der Waals surface area contributed by atoms with E-state index < -0.39 is 19.9 Å². The Morgan fingerprint density at radius 1 is 1.04 bits per heavy atom. The number of nitrogens with one attached hydrogen (secondary N) is 1. The maximum Gasteiger partial charge on any atom is 0.265 e. The highest BCUT2D eigenvalue weighted by Gasteiger charge is 2.23. The molecule has 0 atom stereocenters. The van der Waals surface area contributed by atoms with E-state index in [9.17, 15) is 16.8 Å². The zero-order chi connectivity index (χ0) is 17.3. The third-order valence-corrected chi connectivity index (χ3v) is 5.80. The Morgan fingerprint density at radius 2 is 1.70 bits per heavy atom. The molecular weight excluding hydrogens is 362 g/mol. The molecule has 0 spiro atoms. The molecule has 9 heteroatoms. The summed E-state index contributed by atoms with van der Waals surface area (Å²) >= 11 is 5.94. The highest BCUT2D eigenvalue weighted by Crippen LogP contribution is 2.30. The quantitative estimate of drug-likeness (QED) is 0.867. The monoisotopic (exact) mass is 375 g/mol. The van der Waals surface area contributed by atoms with Crippen LogP contribution < -0.4 is 9.46 Å². The number of para-hydroxylation sites is 1. The molecule has 2 rings (SSSR count). The summed E-state index contributed by atoms with van der Waals surface area (Å²) in [7, 11) is -6.36. The van der Waals surface area contributed by atoms with Crippen molar-refractivity contribution in [3.8, 4) is 5.75 Å². The van der Waals surface area contributed by atoms with Crippen LogP contribution in [-0.4, -0.2) is 30.2 Å². The van der Waals surface area contributed by atoms with Gasteiger partial charge in [0.1, 0.15) is 10.6 Å². The van der Waals surface area contributed by atoms with Gasteiger partial charge in [0.05, 0.1) is 22.7 Å². The molecule has 0 aliphatic carbocycles. The van der Waals surface area contributed by atoms with Gasteiger partial charge in [-0.05, 0) is 30.3 Å². The van der Waals surface area contributed by atoms with Crippen LogP contribution in [0.25, 0.3) is 0 Å². The number of ether oxygens (including phenoxy) is 1. The predicted octanol–water partition coefficient (Wildman–Crippen LogP) is 2.55. The fourth-order valence-corrected chi connectivity index (χ4v) is 4.08. The number of sulfone groups is 1. The molecule has 0 radical (unpaired) electrons. The Kier molecular flexibility index (Phi) is 4.88. The Bertz CT molecular complexity index is 939. The van der Waals surface area contributed by atoms with Crippen LogP contribution in [-0.2, 0) is 19.9 Å². The molecule has 0 amide bonds. The molecule has 6 nitrogen and oxygen atoms in total. The van der Waals surface area contributed by atoms with Crippen molar-refractivity contribution >= 4 is 37.1 Å². The first kappa shape index (κ1) is 17.6. The summed E-state index contributed by atoms with van der Waals surface area (Å²) in [5.41, 5.74) is 0.181. The smallest absolute Gasteiger partial charge is 0.265 e. The molecule has 0 unspecified atom stereocenters. The van der Waals surface area contributed by atoms with E-state index in [1.54, 1.807) is 12.1 Å². The Labute approximate surface area is 140 Å². The third kappa shape index (κ3) is 3.95. The van der Waals surface area contributed by atoms with Crippen molar-refractivity contribution in [2.75, 3.05) is 18.1 Å². The predicted molar refractivity (Wildman–Crippen MR) is 88.4 cm³/mol.